The fourth-order valence-corrected chi connectivity index (χ4v) is 1.06. The number of amides is 3. The first kappa shape index (κ1) is 12.8. The predicted octanol–water partition coefficient (Wildman–Crippen LogP) is -1.21. The molecule has 0 aromatic heterocycles. The van der Waals surface area contributed by atoms with Crippen LogP contribution < -0.4 is 16.8 Å². The van der Waals surface area contributed by atoms with Gasteiger partial charge in [0.25, 0.3) is 0 Å². The average molecular weight is 218 g/mol. The topological polar surface area (TPSA) is 101 Å². The standard InChI is InChI=1S/C7H14N4O2S/c1-2-11(3-5(8)14)4-6(12)10-7(9)13/h2-4H2,1H3,(H2,8,14)(H3,9,10,12,13). The first-order valence-corrected chi connectivity index (χ1v) is 4.46. The third kappa shape index (κ3) is 6.32. The Hall–Kier alpha value is -1.21. The van der Waals surface area contributed by atoms with Gasteiger partial charge in [0.05, 0.1) is 11.5 Å². The molecule has 0 aliphatic carbocycles. The SMILES string of the molecule is CCN(CC(=O)NC(N)=O)CC(N)=S. The minimum atomic E-state index is -0.860. The summed E-state index contributed by atoms with van der Waals surface area (Å²) in [5.41, 5.74) is 10.1. The second-order valence-corrected chi connectivity index (χ2v) is 3.21. The number of carbonyl (C=O) groups is 2. The molecule has 0 rings (SSSR count). The highest BCUT2D eigenvalue weighted by Gasteiger charge is 2.10. The number of thiocarbonyl (C=S) groups is 1. The molecule has 3 amide bonds. The van der Waals surface area contributed by atoms with Crippen molar-refractivity contribution in [3.8, 4) is 0 Å². The highest BCUT2D eigenvalue weighted by Crippen LogP contribution is 1.87. The van der Waals surface area contributed by atoms with Gasteiger partial charge in [-0.1, -0.05) is 19.1 Å². The maximum Gasteiger partial charge on any atom is 0.318 e. The summed E-state index contributed by atoms with van der Waals surface area (Å²) in [4.78, 5) is 23.4. The molecule has 0 bridgehead atoms. The van der Waals surface area contributed by atoms with E-state index in [1.54, 1.807) is 4.90 Å². The average Bonchev–Trinajstić information content (AvgIpc) is 2.00. The number of hydrogen-bond acceptors (Lipinski definition) is 4. The smallest absolute Gasteiger partial charge is 0.318 e. The van der Waals surface area contributed by atoms with Crippen molar-refractivity contribution in [3.05, 3.63) is 0 Å². The zero-order chi connectivity index (χ0) is 11.1. The van der Waals surface area contributed by atoms with Crippen molar-refractivity contribution in [2.45, 2.75) is 6.92 Å². The van der Waals surface area contributed by atoms with Crippen LogP contribution in [-0.4, -0.2) is 41.5 Å². The molecule has 0 radical (unpaired) electrons. The van der Waals surface area contributed by atoms with E-state index in [0.29, 0.717) is 18.1 Å². The highest BCUT2D eigenvalue weighted by atomic mass is 32.1. The van der Waals surface area contributed by atoms with Crippen molar-refractivity contribution in [2.75, 3.05) is 19.6 Å². The number of hydrogen-bond donors (Lipinski definition) is 3. The van der Waals surface area contributed by atoms with Crippen LogP contribution in [0.25, 0.3) is 0 Å². The molecule has 0 aliphatic heterocycles. The van der Waals surface area contributed by atoms with Gasteiger partial charge in [-0.3, -0.25) is 15.0 Å². The van der Waals surface area contributed by atoms with Crippen LogP contribution in [0.5, 0.6) is 0 Å². The number of primary amides is 1. The Bertz CT molecular complexity index is 244. The van der Waals surface area contributed by atoms with Gasteiger partial charge in [-0.15, -0.1) is 0 Å². The normalized spacial score (nSPS) is 9.86. The van der Waals surface area contributed by atoms with Crippen LogP contribution >= 0.6 is 12.2 Å². The fraction of sp³-hybridized carbons (Fsp3) is 0.571. The van der Waals surface area contributed by atoms with E-state index in [4.69, 9.17) is 23.7 Å². The summed E-state index contributed by atoms with van der Waals surface area (Å²) >= 11 is 4.69. The number of imide groups is 1. The number of likely N-dealkylation sites (N-methyl/N-ethyl adjacent to an activating group) is 1. The lowest BCUT2D eigenvalue weighted by molar-refractivity contribution is -0.120. The lowest BCUT2D eigenvalue weighted by atomic mass is 10.4. The van der Waals surface area contributed by atoms with E-state index in [1.165, 1.54) is 0 Å². The molecule has 0 heterocycles. The van der Waals surface area contributed by atoms with Gasteiger partial charge in [-0.25, -0.2) is 4.79 Å². The van der Waals surface area contributed by atoms with E-state index in [2.05, 4.69) is 0 Å². The molecule has 0 aromatic carbocycles. The van der Waals surface area contributed by atoms with Gasteiger partial charge in [-0.2, -0.15) is 0 Å². The largest absolute Gasteiger partial charge is 0.392 e. The Kier molecular flexibility index (Phi) is 5.73. The Balaban J connectivity index is 3.98. The summed E-state index contributed by atoms with van der Waals surface area (Å²) in [5, 5.41) is 1.95. The molecule has 6 nitrogen and oxygen atoms in total. The molecule has 0 aliphatic rings. The van der Waals surface area contributed by atoms with Crippen molar-refractivity contribution in [1.29, 1.82) is 0 Å². The van der Waals surface area contributed by atoms with Crippen LogP contribution in [0.1, 0.15) is 6.92 Å². The zero-order valence-corrected chi connectivity index (χ0v) is 8.76. The Morgan fingerprint density at radius 1 is 1.36 bits per heavy atom. The molecule has 5 N–H and O–H groups in total. The molecular formula is C7H14N4O2S. The second kappa shape index (κ2) is 6.28. The molecule has 7 heteroatoms. The molecule has 14 heavy (non-hydrogen) atoms. The number of carbonyl (C=O) groups excluding carboxylic acids is 2. The summed E-state index contributed by atoms with van der Waals surface area (Å²) in [6.07, 6.45) is 0. The molecule has 0 unspecified atom stereocenters. The van der Waals surface area contributed by atoms with Crippen LogP contribution in [0.4, 0.5) is 4.79 Å². The maximum atomic E-state index is 11.1. The molecule has 0 fully saturated rings. The molecule has 0 saturated carbocycles. The van der Waals surface area contributed by atoms with E-state index < -0.39 is 11.9 Å². The molecule has 0 aromatic rings. The third-order valence-electron chi connectivity index (χ3n) is 1.46. The van der Waals surface area contributed by atoms with Gasteiger partial charge in [-0.05, 0) is 6.54 Å². The second-order valence-electron chi connectivity index (χ2n) is 2.68. The van der Waals surface area contributed by atoms with Crippen molar-refractivity contribution in [3.63, 3.8) is 0 Å². The predicted molar refractivity (Wildman–Crippen MR) is 56.6 cm³/mol. The fourth-order valence-electron chi connectivity index (χ4n) is 0.880. The molecule has 80 valence electrons. The van der Waals surface area contributed by atoms with Crippen molar-refractivity contribution >= 4 is 29.1 Å². The van der Waals surface area contributed by atoms with Crippen molar-refractivity contribution < 1.29 is 9.59 Å². The maximum absolute atomic E-state index is 11.1. The van der Waals surface area contributed by atoms with Gasteiger partial charge >= 0.3 is 6.03 Å². The molecule has 0 atom stereocenters. The minimum Gasteiger partial charge on any atom is -0.392 e. The van der Waals surface area contributed by atoms with Crippen LogP contribution in [0, 0.1) is 0 Å². The van der Waals surface area contributed by atoms with Crippen LogP contribution in [0.15, 0.2) is 0 Å². The monoisotopic (exact) mass is 218 g/mol. The van der Waals surface area contributed by atoms with Gasteiger partial charge in [0.1, 0.15) is 0 Å². The summed E-state index contributed by atoms with van der Waals surface area (Å²) < 4.78 is 0. The lowest BCUT2D eigenvalue weighted by Crippen LogP contribution is -2.44. The molecular weight excluding hydrogens is 204 g/mol. The number of nitrogens with two attached hydrogens (primary N) is 2. The van der Waals surface area contributed by atoms with Gasteiger partial charge in [0, 0.05) is 6.54 Å². The van der Waals surface area contributed by atoms with E-state index in [0.717, 1.165) is 0 Å². The van der Waals surface area contributed by atoms with E-state index in [-0.39, 0.29) is 6.54 Å². The quantitative estimate of drug-likeness (QED) is 0.503. The molecule has 0 spiro atoms. The Morgan fingerprint density at radius 3 is 2.29 bits per heavy atom. The van der Waals surface area contributed by atoms with Crippen molar-refractivity contribution in [2.24, 2.45) is 11.5 Å². The Morgan fingerprint density at radius 2 is 1.93 bits per heavy atom. The summed E-state index contributed by atoms with van der Waals surface area (Å²) in [5.74, 6) is -0.462. The first-order valence-electron chi connectivity index (χ1n) is 4.05. The van der Waals surface area contributed by atoms with Gasteiger partial charge in [0.2, 0.25) is 5.91 Å². The summed E-state index contributed by atoms with van der Waals surface area (Å²) in [6, 6.07) is -0.860. The minimum absolute atomic E-state index is 0.0524. The number of rotatable bonds is 5. The Labute approximate surface area is 87.6 Å². The zero-order valence-electron chi connectivity index (χ0n) is 7.95. The van der Waals surface area contributed by atoms with E-state index in [9.17, 15) is 9.59 Å². The van der Waals surface area contributed by atoms with Crippen LogP contribution in [-0.2, 0) is 4.79 Å². The highest BCUT2D eigenvalue weighted by molar-refractivity contribution is 7.80. The lowest BCUT2D eigenvalue weighted by Gasteiger charge is -2.17. The number of urea groups is 1. The summed E-state index contributed by atoms with van der Waals surface area (Å²) in [7, 11) is 0. The number of nitrogens with one attached hydrogen (secondary N) is 1. The van der Waals surface area contributed by atoms with E-state index in [1.807, 2.05) is 12.2 Å². The third-order valence-corrected chi connectivity index (χ3v) is 1.59. The van der Waals surface area contributed by atoms with Gasteiger partial charge < -0.3 is 11.5 Å². The first-order chi connectivity index (χ1) is 6.45. The van der Waals surface area contributed by atoms with Crippen LogP contribution in [0.2, 0.25) is 0 Å². The summed E-state index contributed by atoms with van der Waals surface area (Å²) in [6.45, 7) is 2.87. The van der Waals surface area contributed by atoms with Gasteiger partial charge in [0.15, 0.2) is 0 Å². The molecule has 0 saturated heterocycles. The van der Waals surface area contributed by atoms with Crippen molar-refractivity contribution in [1.82, 2.24) is 10.2 Å². The number of nitrogens with zero attached hydrogens (tertiary/aromatic N) is 1. The van der Waals surface area contributed by atoms with E-state index >= 15 is 0 Å². The van der Waals surface area contributed by atoms with Crippen LogP contribution in [0.3, 0.4) is 0 Å².